The molecule has 0 amide bonds. The Morgan fingerprint density at radius 3 is 2.80 bits per heavy atom. The summed E-state index contributed by atoms with van der Waals surface area (Å²) in [7, 11) is 0. The van der Waals surface area contributed by atoms with Gasteiger partial charge in [-0.05, 0) is 19.9 Å². The van der Waals surface area contributed by atoms with Crippen molar-refractivity contribution in [2.45, 2.75) is 25.8 Å². The lowest BCUT2D eigenvalue weighted by Crippen LogP contribution is -2.11. The number of ether oxygens (including phenoxy) is 2. The normalized spacial score (nSPS) is 10.7. The first-order valence-electron chi connectivity index (χ1n) is 4.98. The molecule has 0 fully saturated rings. The van der Waals surface area contributed by atoms with Crippen molar-refractivity contribution in [2.24, 2.45) is 0 Å². The van der Waals surface area contributed by atoms with Crippen LogP contribution in [0.2, 0.25) is 0 Å². The minimum atomic E-state index is 0.232. The molecule has 0 aliphatic carbocycles. The summed E-state index contributed by atoms with van der Waals surface area (Å²) in [5, 5.41) is 0. The SMILES string of the molecule is CC(C)OCCOc1cccc(CCl)n1. The van der Waals surface area contributed by atoms with Gasteiger partial charge in [-0.3, -0.25) is 0 Å². The van der Waals surface area contributed by atoms with E-state index < -0.39 is 0 Å². The van der Waals surface area contributed by atoms with E-state index in [-0.39, 0.29) is 6.10 Å². The summed E-state index contributed by atoms with van der Waals surface area (Å²) in [4.78, 5) is 4.20. The van der Waals surface area contributed by atoms with Crippen molar-refractivity contribution in [2.75, 3.05) is 13.2 Å². The van der Waals surface area contributed by atoms with E-state index in [4.69, 9.17) is 21.1 Å². The van der Waals surface area contributed by atoms with Gasteiger partial charge in [0.05, 0.1) is 24.3 Å². The smallest absolute Gasteiger partial charge is 0.213 e. The molecule has 0 aromatic carbocycles. The van der Waals surface area contributed by atoms with Gasteiger partial charge in [-0.15, -0.1) is 11.6 Å². The highest BCUT2D eigenvalue weighted by Crippen LogP contribution is 2.09. The van der Waals surface area contributed by atoms with Crippen LogP contribution in [-0.4, -0.2) is 24.3 Å². The summed E-state index contributed by atoms with van der Waals surface area (Å²) < 4.78 is 10.7. The maximum atomic E-state index is 5.66. The molecule has 0 saturated carbocycles. The molecule has 1 rings (SSSR count). The Hall–Kier alpha value is -0.800. The summed E-state index contributed by atoms with van der Waals surface area (Å²) in [5.74, 6) is 1.00. The van der Waals surface area contributed by atoms with Gasteiger partial charge in [0.15, 0.2) is 0 Å². The van der Waals surface area contributed by atoms with Crippen LogP contribution in [0.4, 0.5) is 0 Å². The predicted molar refractivity (Wildman–Crippen MR) is 60.4 cm³/mol. The van der Waals surface area contributed by atoms with E-state index in [0.717, 1.165) is 5.69 Å². The molecule has 0 aliphatic heterocycles. The molecular formula is C11H16ClNO2. The first kappa shape index (κ1) is 12.3. The van der Waals surface area contributed by atoms with E-state index in [0.29, 0.717) is 25.0 Å². The molecule has 0 N–H and O–H groups in total. The molecule has 0 radical (unpaired) electrons. The fourth-order valence-electron chi connectivity index (χ4n) is 1.04. The number of hydrogen-bond acceptors (Lipinski definition) is 3. The fraction of sp³-hybridized carbons (Fsp3) is 0.545. The van der Waals surface area contributed by atoms with Gasteiger partial charge < -0.3 is 9.47 Å². The average molecular weight is 230 g/mol. The summed E-state index contributed by atoms with van der Waals surface area (Å²) in [6.45, 7) is 5.07. The van der Waals surface area contributed by atoms with E-state index >= 15 is 0 Å². The van der Waals surface area contributed by atoms with Gasteiger partial charge in [0.1, 0.15) is 6.61 Å². The van der Waals surface area contributed by atoms with E-state index in [1.54, 1.807) is 0 Å². The van der Waals surface area contributed by atoms with Gasteiger partial charge in [0, 0.05) is 6.07 Å². The number of pyridine rings is 1. The Bertz CT molecular complexity index is 292. The third-order valence-corrected chi connectivity index (χ3v) is 1.98. The van der Waals surface area contributed by atoms with E-state index in [1.807, 2.05) is 32.0 Å². The number of rotatable bonds is 6. The van der Waals surface area contributed by atoms with Crippen molar-refractivity contribution in [1.82, 2.24) is 4.98 Å². The highest BCUT2D eigenvalue weighted by atomic mass is 35.5. The van der Waals surface area contributed by atoms with E-state index in [9.17, 15) is 0 Å². The van der Waals surface area contributed by atoms with Gasteiger partial charge >= 0.3 is 0 Å². The molecule has 1 heterocycles. The summed E-state index contributed by atoms with van der Waals surface area (Å²) in [6, 6.07) is 5.55. The summed E-state index contributed by atoms with van der Waals surface area (Å²) in [5.41, 5.74) is 0.818. The van der Waals surface area contributed by atoms with Crippen LogP contribution in [0.25, 0.3) is 0 Å². The highest BCUT2D eigenvalue weighted by molar-refractivity contribution is 6.16. The molecule has 0 bridgehead atoms. The van der Waals surface area contributed by atoms with E-state index in [2.05, 4.69) is 4.98 Å². The quantitative estimate of drug-likeness (QED) is 0.555. The van der Waals surface area contributed by atoms with Gasteiger partial charge in [-0.2, -0.15) is 0 Å². The second-order valence-electron chi connectivity index (χ2n) is 3.37. The van der Waals surface area contributed by atoms with Crippen molar-refractivity contribution < 1.29 is 9.47 Å². The molecule has 4 heteroatoms. The number of hydrogen-bond donors (Lipinski definition) is 0. The second-order valence-corrected chi connectivity index (χ2v) is 3.64. The van der Waals surface area contributed by atoms with E-state index in [1.165, 1.54) is 0 Å². The van der Waals surface area contributed by atoms with Gasteiger partial charge in [-0.1, -0.05) is 6.07 Å². The number of alkyl halides is 1. The Kier molecular flexibility index (Phi) is 5.43. The topological polar surface area (TPSA) is 31.4 Å². The predicted octanol–water partition coefficient (Wildman–Crippen LogP) is 2.62. The molecule has 1 aromatic heterocycles. The van der Waals surface area contributed by atoms with Crippen LogP contribution < -0.4 is 4.74 Å². The molecule has 0 spiro atoms. The van der Waals surface area contributed by atoms with Crippen LogP contribution >= 0.6 is 11.6 Å². The highest BCUT2D eigenvalue weighted by Gasteiger charge is 1.98. The Labute approximate surface area is 95.4 Å². The third-order valence-electron chi connectivity index (χ3n) is 1.70. The molecule has 0 unspecified atom stereocenters. The number of nitrogens with zero attached hydrogens (tertiary/aromatic N) is 1. The fourth-order valence-corrected chi connectivity index (χ4v) is 1.19. The zero-order valence-corrected chi connectivity index (χ0v) is 9.83. The Morgan fingerprint density at radius 1 is 1.33 bits per heavy atom. The minimum Gasteiger partial charge on any atom is -0.475 e. The van der Waals surface area contributed by atoms with Crippen LogP contribution in [0, 0.1) is 0 Å². The molecule has 84 valence electrons. The lowest BCUT2D eigenvalue weighted by Gasteiger charge is -2.08. The maximum Gasteiger partial charge on any atom is 0.213 e. The van der Waals surface area contributed by atoms with Crippen molar-refractivity contribution in [3.63, 3.8) is 0 Å². The molecule has 15 heavy (non-hydrogen) atoms. The molecule has 0 aliphatic rings. The van der Waals surface area contributed by atoms with Crippen LogP contribution in [-0.2, 0) is 10.6 Å². The first-order chi connectivity index (χ1) is 7.22. The molecule has 0 atom stereocenters. The Morgan fingerprint density at radius 2 is 2.13 bits per heavy atom. The average Bonchev–Trinajstić information content (AvgIpc) is 2.24. The van der Waals surface area contributed by atoms with Crippen molar-refractivity contribution in [1.29, 1.82) is 0 Å². The zero-order valence-electron chi connectivity index (χ0n) is 9.07. The van der Waals surface area contributed by atoms with Crippen molar-refractivity contribution in [3.05, 3.63) is 23.9 Å². The molecule has 3 nitrogen and oxygen atoms in total. The van der Waals surface area contributed by atoms with Crippen molar-refractivity contribution >= 4 is 11.6 Å². The van der Waals surface area contributed by atoms with Crippen LogP contribution in [0.3, 0.4) is 0 Å². The standard InChI is InChI=1S/C11H16ClNO2/c1-9(2)14-6-7-15-11-5-3-4-10(8-12)13-11/h3-5,9H,6-8H2,1-2H3. The number of halogens is 1. The van der Waals surface area contributed by atoms with Gasteiger partial charge in [-0.25, -0.2) is 4.98 Å². The molecular weight excluding hydrogens is 214 g/mol. The van der Waals surface area contributed by atoms with Crippen LogP contribution in [0.15, 0.2) is 18.2 Å². The maximum absolute atomic E-state index is 5.66. The van der Waals surface area contributed by atoms with Crippen molar-refractivity contribution in [3.8, 4) is 5.88 Å². The number of aromatic nitrogens is 1. The first-order valence-corrected chi connectivity index (χ1v) is 5.52. The second kappa shape index (κ2) is 6.64. The lowest BCUT2D eigenvalue weighted by molar-refractivity contribution is 0.0542. The van der Waals surface area contributed by atoms with Crippen LogP contribution in [0.5, 0.6) is 5.88 Å². The zero-order chi connectivity index (χ0) is 11.1. The van der Waals surface area contributed by atoms with Gasteiger partial charge in [0.2, 0.25) is 5.88 Å². The summed E-state index contributed by atoms with van der Waals surface area (Å²) >= 11 is 5.66. The lowest BCUT2D eigenvalue weighted by atomic mass is 10.4. The van der Waals surface area contributed by atoms with Gasteiger partial charge in [0.25, 0.3) is 0 Å². The van der Waals surface area contributed by atoms with Crippen LogP contribution in [0.1, 0.15) is 19.5 Å². The molecule has 1 aromatic rings. The monoisotopic (exact) mass is 229 g/mol. The Balaban J connectivity index is 2.30. The summed E-state index contributed by atoms with van der Waals surface area (Å²) in [6.07, 6.45) is 0.232. The largest absolute Gasteiger partial charge is 0.475 e. The molecule has 0 saturated heterocycles. The third kappa shape index (κ3) is 5.00. The minimum absolute atomic E-state index is 0.232.